The van der Waals surface area contributed by atoms with E-state index >= 15 is 0 Å². The second-order valence-electron chi connectivity index (χ2n) is 4.64. The third-order valence-corrected chi connectivity index (χ3v) is 5.37. The smallest absolute Gasteiger partial charge is 0.423 e. The molecule has 1 aromatic rings. The molecular weight excluding hydrogens is 253 g/mol. The molecule has 0 spiro atoms. The molecule has 5 nitrogen and oxygen atoms in total. The van der Waals surface area contributed by atoms with Gasteiger partial charge in [-0.2, -0.15) is 4.31 Å². The topological polar surface area (TPSA) is 66.8 Å². The van der Waals surface area contributed by atoms with Crippen LogP contribution in [0, 0.1) is 0 Å². The van der Waals surface area contributed by atoms with Crippen molar-refractivity contribution in [2.45, 2.75) is 24.3 Å². The summed E-state index contributed by atoms with van der Waals surface area (Å²) in [5.74, 6) is 0. The summed E-state index contributed by atoms with van der Waals surface area (Å²) in [7, 11) is -4.31. The first-order valence-electron chi connectivity index (χ1n) is 6.02. The van der Waals surface area contributed by atoms with Gasteiger partial charge in [0.2, 0.25) is 10.0 Å². The lowest BCUT2D eigenvalue weighted by Crippen LogP contribution is -2.30. The van der Waals surface area contributed by atoms with Crippen LogP contribution in [0.2, 0.25) is 0 Å². The number of hydrogen-bond acceptors (Lipinski definition) is 4. The Morgan fingerprint density at radius 1 is 1.28 bits per heavy atom. The summed E-state index contributed by atoms with van der Waals surface area (Å²) in [5, 5.41) is 9.50. The Balaban J connectivity index is 1.98. The molecule has 18 heavy (non-hydrogen) atoms. The van der Waals surface area contributed by atoms with Crippen LogP contribution in [-0.2, 0) is 21.3 Å². The molecule has 2 aliphatic rings. The molecule has 0 amide bonds. The molecule has 1 N–H and O–H groups in total. The minimum absolute atomic E-state index is 0.264. The van der Waals surface area contributed by atoms with Gasteiger partial charge in [-0.25, -0.2) is 8.42 Å². The normalized spacial score (nSPS) is 20.4. The number of sulfonamides is 1. The maximum Gasteiger partial charge on any atom is 0.491 e. The van der Waals surface area contributed by atoms with Gasteiger partial charge in [-0.3, -0.25) is 0 Å². The molecule has 96 valence electrons. The quantitative estimate of drug-likeness (QED) is 0.746. The predicted octanol–water partition coefficient (Wildman–Crippen LogP) is -0.311. The highest BCUT2D eigenvalue weighted by Gasteiger charge is 2.31. The Bertz CT molecular complexity index is 568. The molecule has 1 aromatic carbocycles. The van der Waals surface area contributed by atoms with E-state index in [2.05, 4.69) is 0 Å². The van der Waals surface area contributed by atoms with Gasteiger partial charge in [0.1, 0.15) is 0 Å². The maximum atomic E-state index is 12.3. The summed E-state index contributed by atoms with van der Waals surface area (Å²) in [6, 6.07) is 4.79. The van der Waals surface area contributed by atoms with Crippen molar-refractivity contribution < 1.29 is 18.1 Å². The molecule has 0 unspecified atom stereocenters. The largest absolute Gasteiger partial charge is 0.491 e. The molecule has 0 radical (unpaired) electrons. The van der Waals surface area contributed by atoms with Crippen molar-refractivity contribution in [2.24, 2.45) is 0 Å². The standard InChI is InChI=1S/C11H14BNO4S/c14-12-11-4-3-10(7-9(11)8-17-12)18(15,16)13-5-1-2-6-13/h3-4,7,14H,1-2,5-6,8H2. The highest BCUT2D eigenvalue weighted by molar-refractivity contribution is 7.89. The zero-order valence-corrected chi connectivity index (χ0v) is 10.7. The molecule has 1 saturated heterocycles. The zero-order valence-electron chi connectivity index (χ0n) is 9.87. The number of fused-ring (bicyclic) bond motifs is 1. The van der Waals surface area contributed by atoms with Crippen molar-refractivity contribution in [3.63, 3.8) is 0 Å². The van der Waals surface area contributed by atoms with Crippen molar-refractivity contribution >= 4 is 22.6 Å². The summed E-state index contributed by atoms with van der Waals surface area (Å²) in [4.78, 5) is 0.292. The molecule has 0 aromatic heterocycles. The van der Waals surface area contributed by atoms with Crippen molar-refractivity contribution in [2.75, 3.05) is 13.1 Å². The third kappa shape index (κ3) is 1.87. The number of nitrogens with zero attached hydrogens (tertiary/aromatic N) is 1. The van der Waals surface area contributed by atoms with Gasteiger partial charge in [-0.15, -0.1) is 0 Å². The van der Waals surface area contributed by atoms with E-state index in [-0.39, 0.29) is 6.61 Å². The lowest BCUT2D eigenvalue weighted by Gasteiger charge is -2.15. The lowest BCUT2D eigenvalue weighted by molar-refractivity contribution is 0.275. The van der Waals surface area contributed by atoms with E-state index in [1.165, 1.54) is 4.31 Å². The molecule has 2 aliphatic heterocycles. The van der Waals surface area contributed by atoms with Gasteiger partial charge >= 0.3 is 7.12 Å². The van der Waals surface area contributed by atoms with Crippen LogP contribution in [0.4, 0.5) is 0 Å². The molecule has 7 heteroatoms. The Morgan fingerprint density at radius 2 is 2.00 bits per heavy atom. The van der Waals surface area contributed by atoms with Crippen molar-refractivity contribution in [3.8, 4) is 0 Å². The fourth-order valence-corrected chi connectivity index (χ4v) is 4.01. The van der Waals surface area contributed by atoms with E-state index in [0.29, 0.717) is 23.4 Å². The Morgan fingerprint density at radius 3 is 2.72 bits per heavy atom. The minimum Gasteiger partial charge on any atom is -0.423 e. The highest BCUT2D eigenvalue weighted by atomic mass is 32.2. The fourth-order valence-electron chi connectivity index (χ4n) is 2.44. The van der Waals surface area contributed by atoms with Crippen molar-refractivity contribution in [1.82, 2.24) is 4.31 Å². The van der Waals surface area contributed by atoms with Crippen LogP contribution in [0.1, 0.15) is 18.4 Å². The average molecular weight is 267 g/mol. The van der Waals surface area contributed by atoms with Gasteiger partial charge in [0.05, 0.1) is 11.5 Å². The highest BCUT2D eigenvalue weighted by Crippen LogP contribution is 2.22. The first kappa shape index (κ1) is 12.2. The van der Waals surface area contributed by atoms with E-state index in [0.717, 1.165) is 18.4 Å². The van der Waals surface area contributed by atoms with Crippen LogP contribution < -0.4 is 5.46 Å². The van der Waals surface area contributed by atoms with Gasteiger partial charge < -0.3 is 9.68 Å². The predicted molar refractivity (Wildman–Crippen MR) is 66.8 cm³/mol. The van der Waals surface area contributed by atoms with Crippen molar-refractivity contribution in [1.29, 1.82) is 0 Å². The number of benzene rings is 1. The van der Waals surface area contributed by atoms with Crippen LogP contribution in [-0.4, -0.2) is 38.0 Å². The van der Waals surface area contributed by atoms with E-state index in [9.17, 15) is 13.4 Å². The Hall–Kier alpha value is -0.885. The van der Waals surface area contributed by atoms with E-state index in [4.69, 9.17) is 4.65 Å². The third-order valence-electron chi connectivity index (χ3n) is 3.48. The molecule has 2 heterocycles. The van der Waals surface area contributed by atoms with Crippen LogP contribution in [0.15, 0.2) is 23.1 Å². The van der Waals surface area contributed by atoms with E-state index < -0.39 is 17.1 Å². The van der Waals surface area contributed by atoms with Crippen molar-refractivity contribution in [3.05, 3.63) is 23.8 Å². The average Bonchev–Trinajstić information content (AvgIpc) is 2.99. The second-order valence-corrected chi connectivity index (χ2v) is 6.57. The fraction of sp³-hybridized carbons (Fsp3) is 0.455. The van der Waals surface area contributed by atoms with Gasteiger partial charge in [-0.05, 0) is 36.0 Å². The molecular formula is C11H14BNO4S. The molecule has 1 fully saturated rings. The molecule has 0 bridgehead atoms. The van der Waals surface area contributed by atoms with Gasteiger partial charge in [-0.1, -0.05) is 6.07 Å². The zero-order chi connectivity index (χ0) is 12.8. The second kappa shape index (κ2) is 4.34. The first-order chi connectivity index (χ1) is 8.59. The monoisotopic (exact) mass is 267 g/mol. The molecule has 0 atom stereocenters. The van der Waals surface area contributed by atoms with Crippen LogP contribution in [0.3, 0.4) is 0 Å². The van der Waals surface area contributed by atoms with E-state index in [1.807, 2.05) is 0 Å². The molecule has 3 rings (SSSR count). The van der Waals surface area contributed by atoms with Gasteiger partial charge in [0.15, 0.2) is 0 Å². The molecule has 0 aliphatic carbocycles. The van der Waals surface area contributed by atoms with Crippen LogP contribution in [0.5, 0.6) is 0 Å². The van der Waals surface area contributed by atoms with E-state index in [1.54, 1.807) is 18.2 Å². The van der Waals surface area contributed by atoms with Crippen LogP contribution >= 0.6 is 0 Å². The first-order valence-corrected chi connectivity index (χ1v) is 7.46. The molecule has 0 saturated carbocycles. The summed E-state index contributed by atoms with van der Waals surface area (Å²) in [6.45, 7) is 1.46. The number of hydrogen-bond donors (Lipinski definition) is 1. The number of rotatable bonds is 2. The lowest BCUT2D eigenvalue weighted by atomic mass is 9.80. The summed E-state index contributed by atoms with van der Waals surface area (Å²) in [6.07, 6.45) is 1.85. The Labute approximate surface area is 107 Å². The summed E-state index contributed by atoms with van der Waals surface area (Å²) >= 11 is 0. The van der Waals surface area contributed by atoms with Gasteiger partial charge in [0, 0.05) is 13.1 Å². The maximum absolute atomic E-state index is 12.3. The Kier molecular flexibility index (Phi) is 2.94. The minimum atomic E-state index is -3.38. The summed E-state index contributed by atoms with van der Waals surface area (Å²) in [5.41, 5.74) is 1.41. The van der Waals surface area contributed by atoms with Crippen LogP contribution in [0.25, 0.3) is 0 Å². The SMILES string of the molecule is O=S(=O)(c1ccc2c(c1)COB2O)N1CCCC1. The summed E-state index contributed by atoms with van der Waals surface area (Å²) < 4.78 is 31.3. The van der Waals surface area contributed by atoms with Gasteiger partial charge in [0.25, 0.3) is 0 Å².